The zero-order chi connectivity index (χ0) is 26.5. The Morgan fingerprint density at radius 2 is 1.70 bits per heavy atom. The highest BCUT2D eigenvalue weighted by molar-refractivity contribution is 6.42. The number of benzene rings is 2. The fourth-order valence-corrected chi connectivity index (χ4v) is 5.06. The van der Waals surface area contributed by atoms with E-state index in [0.29, 0.717) is 36.0 Å². The summed E-state index contributed by atoms with van der Waals surface area (Å²) in [4.78, 5) is 43.5. The third-order valence-corrected chi connectivity index (χ3v) is 7.49. The smallest absolute Gasteiger partial charge is 0.323 e. The van der Waals surface area contributed by atoms with Crippen LogP contribution in [0, 0.1) is 0 Å². The van der Waals surface area contributed by atoms with Gasteiger partial charge in [-0.1, -0.05) is 29.3 Å². The predicted molar refractivity (Wildman–Crippen MR) is 143 cm³/mol. The molecule has 11 heteroatoms. The van der Waals surface area contributed by atoms with Crippen LogP contribution in [-0.2, 0) is 4.79 Å². The molecule has 0 radical (unpaired) electrons. The van der Waals surface area contributed by atoms with E-state index in [1.165, 1.54) is 29.0 Å². The second-order valence-corrected chi connectivity index (χ2v) is 10.1. The molecule has 2 aliphatic rings. The average Bonchev–Trinajstić information content (AvgIpc) is 2.90. The van der Waals surface area contributed by atoms with Crippen LogP contribution in [0.15, 0.2) is 42.5 Å². The number of hydrogen-bond donors (Lipinski definition) is 3. The van der Waals surface area contributed by atoms with Crippen molar-refractivity contribution in [1.82, 2.24) is 15.1 Å². The second kappa shape index (κ2) is 12.0. The topological polar surface area (TPSA) is 117 Å². The SMILES string of the molecule is COc1cccc(NC(=O)N2CCCN(C(=O)c3ccc(Cl)c(Cl)c3)C2C(=O)NC2CCC(N)CC2)c1. The van der Waals surface area contributed by atoms with E-state index in [1.807, 2.05) is 0 Å². The number of nitrogens with zero attached hydrogens (tertiary/aromatic N) is 2. The van der Waals surface area contributed by atoms with Gasteiger partial charge in [-0.25, -0.2) is 4.79 Å². The maximum Gasteiger partial charge on any atom is 0.323 e. The van der Waals surface area contributed by atoms with E-state index in [1.54, 1.807) is 30.3 Å². The Morgan fingerprint density at radius 3 is 2.41 bits per heavy atom. The normalized spacial score (nSPS) is 21.8. The highest BCUT2D eigenvalue weighted by Gasteiger charge is 2.41. The largest absolute Gasteiger partial charge is 0.497 e. The first-order valence-corrected chi connectivity index (χ1v) is 13.1. The number of anilines is 1. The molecule has 1 saturated carbocycles. The predicted octanol–water partition coefficient (Wildman–Crippen LogP) is 4.09. The van der Waals surface area contributed by atoms with Gasteiger partial charge in [0.15, 0.2) is 6.17 Å². The monoisotopic (exact) mass is 547 g/mol. The maximum atomic E-state index is 13.7. The summed E-state index contributed by atoms with van der Waals surface area (Å²) < 4.78 is 5.24. The van der Waals surface area contributed by atoms with E-state index >= 15 is 0 Å². The van der Waals surface area contributed by atoms with Crippen LogP contribution in [-0.4, -0.2) is 66.1 Å². The molecule has 1 aliphatic carbocycles. The molecule has 0 bridgehead atoms. The molecule has 1 aliphatic heterocycles. The molecule has 2 aromatic carbocycles. The van der Waals surface area contributed by atoms with Gasteiger partial charge < -0.3 is 26.0 Å². The Hall–Kier alpha value is -3.01. The Morgan fingerprint density at radius 1 is 0.973 bits per heavy atom. The van der Waals surface area contributed by atoms with Crippen molar-refractivity contribution in [2.45, 2.75) is 50.4 Å². The van der Waals surface area contributed by atoms with Crippen LogP contribution in [0.3, 0.4) is 0 Å². The van der Waals surface area contributed by atoms with Gasteiger partial charge in [0, 0.05) is 42.5 Å². The Labute approximate surface area is 226 Å². The summed E-state index contributed by atoms with van der Waals surface area (Å²) >= 11 is 12.2. The summed E-state index contributed by atoms with van der Waals surface area (Å²) in [5.41, 5.74) is 6.81. The minimum atomic E-state index is -1.14. The second-order valence-electron chi connectivity index (χ2n) is 9.33. The van der Waals surface area contributed by atoms with Crippen LogP contribution in [0.5, 0.6) is 5.75 Å². The lowest BCUT2D eigenvalue weighted by Gasteiger charge is -2.43. The first-order chi connectivity index (χ1) is 17.8. The molecule has 2 fully saturated rings. The van der Waals surface area contributed by atoms with Gasteiger partial charge in [-0.3, -0.25) is 14.5 Å². The van der Waals surface area contributed by atoms with Gasteiger partial charge in [-0.15, -0.1) is 0 Å². The van der Waals surface area contributed by atoms with Gasteiger partial charge in [0.1, 0.15) is 5.75 Å². The summed E-state index contributed by atoms with van der Waals surface area (Å²) in [7, 11) is 1.54. The van der Waals surface area contributed by atoms with E-state index in [0.717, 1.165) is 25.7 Å². The molecule has 1 atom stereocenters. The number of ether oxygens (including phenoxy) is 1. The van der Waals surface area contributed by atoms with Gasteiger partial charge in [0.2, 0.25) is 0 Å². The maximum absolute atomic E-state index is 13.7. The molecular weight excluding hydrogens is 517 g/mol. The van der Waals surface area contributed by atoms with Gasteiger partial charge >= 0.3 is 6.03 Å². The fraction of sp³-hybridized carbons (Fsp3) is 0.423. The zero-order valence-corrected chi connectivity index (χ0v) is 22.1. The van der Waals surface area contributed by atoms with Gasteiger partial charge in [-0.05, 0) is 62.4 Å². The van der Waals surface area contributed by atoms with Crippen molar-refractivity contribution in [2.75, 3.05) is 25.5 Å². The van der Waals surface area contributed by atoms with Crippen molar-refractivity contribution in [3.8, 4) is 5.75 Å². The van der Waals surface area contributed by atoms with Crippen LogP contribution < -0.4 is 21.1 Å². The number of halogens is 2. The minimum absolute atomic E-state index is 0.0700. The molecule has 37 heavy (non-hydrogen) atoms. The standard InChI is InChI=1S/C26H31Cl2N5O4/c1-37-20-5-2-4-19(15-20)31-26(36)33-13-3-12-32(25(35)16-6-11-21(27)22(28)14-16)24(33)23(34)30-18-9-7-17(29)8-10-18/h2,4-6,11,14-15,17-18,24H,3,7-10,12-13,29H2,1H3,(H,30,34)(H,31,36). The zero-order valence-electron chi connectivity index (χ0n) is 20.6. The third-order valence-electron chi connectivity index (χ3n) is 6.75. The minimum Gasteiger partial charge on any atom is -0.497 e. The highest BCUT2D eigenvalue weighted by atomic mass is 35.5. The van der Waals surface area contributed by atoms with Crippen molar-refractivity contribution < 1.29 is 19.1 Å². The first kappa shape index (κ1) is 27.0. The summed E-state index contributed by atoms with van der Waals surface area (Å²) in [6, 6.07) is 11.1. The molecule has 0 spiro atoms. The summed E-state index contributed by atoms with van der Waals surface area (Å²) in [6.07, 6.45) is 2.47. The third kappa shape index (κ3) is 6.47. The van der Waals surface area contributed by atoms with Crippen LogP contribution in [0.1, 0.15) is 42.5 Å². The van der Waals surface area contributed by atoms with Crippen molar-refractivity contribution in [1.29, 1.82) is 0 Å². The molecule has 9 nitrogen and oxygen atoms in total. The van der Waals surface area contributed by atoms with E-state index in [-0.39, 0.29) is 22.7 Å². The highest BCUT2D eigenvalue weighted by Crippen LogP contribution is 2.26. The lowest BCUT2D eigenvalue weighted by molar-refractivity contribution is -0.133. The van der Waals surface area contributed by atoms with E-state index in [9.17, 15) is 14.4 Å². The molecule has 1 unspecified atom stereocenters. The molecule has 198 valence electrons. The average molecular weight is 548 g/mol. The Balaban J connectivity index is 1.60. The molecule has 1 heterocycles. The molecule has 2 aromatic rings. The number of rotatable bonds is 5. The molecule has 1 saturated heterocycles. The lowest BCUT2D eigenvalue weighted by Crippen LogP contribution is -2.65. The van der Waals surface area contributed by atoms with Crippen molar-refractivity contribution >= 4 is 46.7 Å². The lowest BCUT2D eigenvalue weighted by atomic mass is 9.91. The van der Waals surface area contributed by atoms with Crippen LogP contribution in [0.2, 0.25) is 10.0 Å². The number of nitrogens with two attached hydrogens (primary N) is 1. The Kier molecular flexibility index (Phi) is 8.79. The number of urea groups is 1. The van der Waals surface area contributed by atoms with Crippen molar-refractivity contribution in [3.63, 3.8) is 0 Å². The number of nitrogens with one attached hydrogen (secondary N) is 2. The molecular formula is C26H31Cl2N5O4. The number of amides is 4. The van der Waals surface area contributed by atoms with Crippen molar-refractivity contribution in [2.24, 2.45) is 5.73 Å². The van der Waals surface area contributed by atoms with E-state index in [2.05, 4.69) is 10.6 Å². The van der Waals surface area contributed by atoms with Crippen LogP contribution in [0.25, 0.3) is 0 Å². The number of methoxy groups -OCH3 is 1. The first-order valence-electron chi connectivity index (χ1n) is 12.3. The number of hydrogen-bond acceptors (Lipinski definition) is 5. The summed E-state index contributed by atoms with van der Waals surface area (Å²) in [6.45, 7) is 0.601. The molecule has 0 aromatic heterocycles. The van der Waals surface area contributed by atoms with E-state index < -0.39 is 24.0 Å². The molecule has 4 amide bonds. The van der Waals surface area contributed by atoms with E-state index in [4.69, 9.17) is 33.7 Å². The van der Waals surface area contributed by atoms with Gasteiger partial charge in [-0.2, -0.15) is 0 Å². The summed E-state index contributed by atoms with van der Waals surface area (Å²) in [5, 5.41) is 6.44. The van der Waals surface area contributed by atoms with Gasteiger partial charge in [0.25, 0.3) is 11.8 Å². The fourth-order valence-electron chi connectivity index (χ4n) is 4.76. The number of carbonyl (C=O) groups excluding carboxylic acids is 3. The molecule has 4 N–H and O–H groups in total. The summed E-state index contributed by atoms with van der Waals surface area (Å²) in [5.74, 6) is -0.240. The molecule has 4 rings (SSSR count). The van der Waals surface area contributed by atoms with Crippen LogP contribution in [0.4, 0.5) is 10.5 Å². The van der Waals surface area contributed by atoms with Crippen molar-refractivity contribution in [3.05, 3.63) is 58.1 Å². The van der Waals surface area contributed by atoms with Gasteiger partial charge in [0.05, 0.1) is 17.2 Å². The quantitative estimate of drug-likeness (QED) is 0.521. The number of carbonyl (C=O) groups is 3. The Bertz CT molecular complexity index is 1160. The van der Waals surface area contributed by atoms with Crippen LogP contribution >= 0.6 is 23.2 Å².